The average Bonchev–Trinajstić information content (AvgIpc) is 3.33. The first-order valence-electron chi connectivity index (χ1n) is 26.5. The van der Waals surface area contributed by atoms with Crippen LogP contribution in [0.5, 0.6) is 17.2 Å². The molecule has 0 aromatic heterocycles. The quantitative estimate of drug-likeness (QED) is 0.180. The Morgan fingerprint density at radius 2 is 0.557 bits per heavy atom. The van der Waals surface area contributed by atoms with Crippen LogP contribution in [0.25, 0.3) is 0 Å². The molecule has 9 rings (SSSR count). The Morgan fingerprint density at radius 3 is 0.787 bits per heavy atom. The number of benzene rings is 3. The summed E-state index contributed by atoms with van der Waals surface area (Å²) in [5.41, 5.74) is 11.3. The summed E-state index contributed by atoms with van der Waals surface area (Å²) in [5, 5.41) is 36.9. The summed E-state index contributed by atoms with van der Waals surface area (Å²) >= 11 is 0. The zero-order valence-corrected chi connectivity index (χ0v) is 38.4. The molecule has 0 aliphatic heterocycles. The van der Waals surface area contributed by atoms with Crippen molar-refractivity contribution in [2.24, 2.45) is 0 Å². The molecular weight excluding hydrogens is 745 g/mol. The SMILES string of the molecule is CC(CCc1cc(C2CCCCC2)c(O)c(C2CCCCC2)c1)(c1cc(C2CCCCC2)c(O)c(C2CCCCC2)c1)c1cc(C2CCCCC2)c(O)c(C2CCCCC2)c1. The van der Waals surface area contributed by atoms with E-state index in [1.165, 1.54) is 243 Å². The van der Waals surface area contributed by atoms with Crippen molar-refractivity contribution in [1.29, 1.82) is 0 Å². The number of rotatable bonds is 11. The minimum atomic E-state index is -0.324. The highest BCUT2D eigenvalue weighted by molar-refractivity contribution is 5.56. The van der Waals surface area contributed by atoms with E-state index in [9.17, 15) is 15.3 Å². The predicted molar refractivity (Wildman–Crippen MR) is 254 cm³/mol. The van der Waals surface area contributed by atoms with Gasteiger partial charge >= 0.3 is 0 Å². The molecule has 0 unspecified atom stereocenters. The van der Waals surface area contributed by atoms with Crippen LogP contribution >= 0.6 is 0 Å². The fraction of sp³-hybridized carbons (Fsp3) is 0.690. The van der Waals surface area contributed by atoms with E-state index >= 15 is 0 Å². The molecule has 0 bridgehead atoms. The van der Waals surface area contributed by atoms with E-state index in [2.05, 4.69) is 43.3 Å². The number of phenolic OH excluding ortho intramolecular Hbond substituents is 3. The summed E-state index contributed by atoms with van der Waals surface area (Å²) < 4.78 is 0. The van der Waals surface area contributed by atoms with Gasteiger partial charge in [-0.15, -0.1) is 0 Å². The third-order valence-electron chi connectivity index (χ3n) is 18.0. The van der Waals surface area contributed by atoms with Gasteiger partial charge in [0.2, 0.25) is 0 Å². The number of hydrogen-bond acceptors (Lipinski definition) is 3. The molecule has 6 saturated carbocycles. The fourth-order valence-electron chi connectivity index (χ4n) is 14.1. The second-order valence-corrected chi connectivity index (χ2v) is 22.0. The van der Waals surface area contributed by atoms with Crippen molar-refractivity contribution < 1.29 is 15.3 Å². The van der Waals surface area contributed by atoms with Gasteiger partial charge in [0.15, 0.2) is 0 Å². The summed E-state index contributed by atoms with van der Waals surface area (Å²) in [6.07, 6.45) is 39.1. The maximum absolute atomic E-state index is 12.4. The molecule has 0 spiro atoms. The van der Waals surface area contributed by atoms with Crippen LogP contribution in [0.3, 0.4) is 0 Å². The molecule has 0 amide bonds. The van der Waals surface area contributed by atoms with Crippen molar-refractivity contribution in [2.75, 3.05) is 0 Å². The van der Waals surface area contributed by atoms with Crippen LogP contribution in [0.4, 0.5) is 0 Å². The molecule has 3 aromatic rings. The molecule has 6 aliphatic rings. The van der Waals surface area contributed by atoms with Crippen LogP contribution in [0.15, 0.2) is 36.4 Å². The molecule has 0 saturated heterocycles. The Kier molecular flexibility index (Phi) is 14.1. The standard InChI is InChI=1S/C58H82O3/c1-58(47-36-51(43-24-12-4-13-25-43)56(60)52(37-47)44-26-14-5-15-27-44,48-38-53(45-28-16-6-17-29-45)57(61)54(39-48)46-30-18-7-19-31-46)33-32-40-34-49(41-20-8-2-9-21-41)55(59)50(35-40)42-22-10-3-11-23-42/h34-39,41-46,59-61H,2-33H2,1H3. The highest BCUT2D eigenvalue weighted by Gasteiger charge is 2.37. The molecule has 0 atom stereocenters. The van der Waals surface area contributed by atoms with Gasteiger partial charge in [0, 0.05) is 5.41 Å². The maximum Gasteiger partial charge on any atom is 0.122 e. The highest BCUT2D eigenvalue weighted by atomic mass is 16.3. The summed E-state index contributed by atoms with van der Waals surface area (Å²) in [7, 11) is 0. The lowest BCUT2D eigenvalue weighted by molar-refractivity contribution is 0.388. The summed E-state index contributed by atoms with van der Waals surface area (Å²) in [5.74, 6) is 4.47. The monoisotopic (exact) mass is 827 g/mol. The topological polar surface area (TPSA) is 60.7 Å². The molecule has 0 heterocycles. The van der Waals surface area contributed by atoms with E-state index < -0.39 is 0 Å². The molecular formula is C58H82O3. The molecule has 6 fully saturated rings. The normalized spacial score (nSPS) is 22.8. The van der Waals surface area contributed by atoms with Gasteiger partial charge in [-0.25, -0.2) is 0 Å². The third-order valence-corrected chi connectivity index (χ3v) is 18.0. The summed E-state index contributed by atoms with van der Waals surface area (Å²) in [6, 6.07) is 14.9. The zero-order chi connectivity index (χ0) is 41.8. The third kappa shape index (κ3) is 9.48. The van der Waals surface area contributed by atoms with Crippen LogP contribution in [0, 0.1) is 0 Å². The first-order chi connectivity index (χ1) is 29.9. The predicted octanol–water partition coefficient (Wildman–Crippen LogP) is 17.0. The smallest absolute Gasteiger partial charge is 0.122 e. The first-order valence-corrected chi connectivity index (χ1v) is 26.5. The van der Waals surface area contributed by atoms with Gasteiger partial charge in [0.1, 0.15) is 17.2 Å². The van der Waals surface area contributed by atoms with Crippen molar-refractivity contribution in [3.05, 3.63) is 86.5 Å². The van der Waals surface area contributed by atoms with Crippen molar-refractivity contribution >= 4 is 0 Å². The Balaban J connectivity index is 1.20. The van der Waals surface area contributed by atoms with Gasteiger partial charge in [-0.2, -0.15) is 0 Å². The van der Waals surface area contributed by atoms with Gasteiger partial charge in [-0.05, 0) is 175 Å². The van der Waals surface area contributed by atoms with Crippen LogP contribution in [0.2, 0.25) is 0 Å². The Bertz CT molecular complexity index is 1700. The number of phenols is 3. The fourth-order valence-corrected chi connectivity index (χ4v) is 14.1. The molecule has 0 radical (unpaired) electrons. The molecule has 3 heteroatoms. The minimum absolute atomic E-state index is 0.324. The van der Waals surface area contributed by atoms with Gasteiger partial charge in [-0.3, -0.25) is 0 Å². The van der Waals surface area contributed by atoms with Gasteiger partial charge in [-0.1, -0.05) is 159 Å². The Labute approximate surface area is 370 Å². The van der Waals surface area contributed by atoms with Gasteiger partial charge in [0.05, 0.1) is 0 Å². The minimum Gasteiger partial charge on any atom is -0.507 e. The van der Waals surface area contributed by atoms with E-state index in [4.69, 9.17) is 0 Å². The molecule has 3 aromatic carbocycles. The average molecular weight is 827 g/mol. The molecule has 61 heavy (non-hydrogen) atoms. The van der Waals surface area contributed by atoms with Crippen molar-refractivity contribution in [3.63, 3.8) is 0 Å². The van der Waals surface area contributed by atoms with E-state index in [0.717, 1.165) is 12.8 Å². The number of aryl methyl sites for hydroxylation is 1. The van der Waals surface area contributed by atoms with Crippen molar-refractivity contribution in [2.45, 2.75) is 253 Å². The van der Waals surface area contributed by atoms with Gasteiger partial charge < -0.3 is 15.3 Å². The van der Waals surface area contributed by atoms with Crippen LogP contribution in [-0.4, -0.2) is 15.3 Å². The largest absolute Gasteiger partial charge is 0.507 e. The zero-order valence-electron chi connectivity index (χ0n) is 38.4. The second-order valence-electron chi connectivity index (χ2n) is 22.0. The van der Waals surface area contributed by atoms with Crippen molar-refractivity contribution in [1.82, 2.24) is 0 Å². The number of aromatic hydroxyl groups is 3. The lowest BCUT2D eigenvalue weighted by Gasteiger charge is -2.37. The Hall–Kier alpha value is -2.94. The molecule has 332 valence electrons. The maximum atomic E-state index is 12.4. The van der Waals surface area contributed by atoms with E-state index in [1.54, 1.807) is 0 Å². The lowest BCUT2D eigenvalue weighted by Crippen LogP contribution is -2.27. The first kappa shape index (κ1) is 43.3. The van der Waals surface area contributed by atoms with Crippen LogP contribution in [0.1, 0.15) is 292 Å². The van der Waals surface area contributed by atoms with Gasteiger partial charge in [0.25, 0.3) is 0 Å². The molecule has 3 nitrogen and oxygen atoms in total. The highest BCUT2D eigenvalue weighted by Crippen LogP contribution is 2.52. The van der Waals surface area contributed by atoms with Crippen LogP contribution < -0.4 is 0 Å². The van der Waals surface area contributed by atoms with E-state index in [-0.39, 0.29) is 5.41 Å². The van der Waals surface area contributed by atoms with Crippen LogP contribution in [-0.2, 0) is 11.8 Å². The molecule has 3 N–H and O–H groups in total. The Morgan fingerprint density at radius 1 is 0.344 bits per heavy atom. The van der Waals surface area contributed by atoms with E-state index in [0.29, 0.717) is 52.8 Å². The summed E-state index contributed by atoms with van der Waals surface area (Å²) in [6.45, 7) is 2.56. The lowest BCUT2D eigenvalue weighted by atomic mass is 9.67. The molecule has 6 aliphatic carbocycles. The second kappa shape index (κ2) is 19.8. The summed E-state index contributed by atoms with van der Waals surface area (Å²) in [4.78, 5) is 0. The van der Waals surface area contributed by atoms with Crippen molar-refractivity contribution in [3.8, 4) is 17.2 Å². The van der Waals surface area contributed by atoms with E-state index in [1.807, 2.05) is 0 Å². The number of hydrogen-bond donors (Lipinski definition) is 3.